The fraction of sp³-hybridized carbons (Fsp3) is 0.929. The van der Waals surface area contributed by atoms with Crippen molar-refractivity contribution in [2.24, 2.45) is 0 Å². The predicted octanol–water partition coefficient (Wildman–Crippen LogP) is -0.410. The first-order valence-corrected chi connectivity index (χ1v) is 7.57. The summed E-state index contributed by atoms with van der Waals surface area (Å²) in [7, 11) is 1.73. The quantitative estimate of drug-likeness (QED) is 0.719. The van der Waals surface area contributed by atoms with E-state index < -0.39 is 0 Å². The van der Waals surface area contributed by atoms with Gasteiger partial charge in [0.15, 0.2) is 0 Å². The van der Waals surface area contributed by atoms with Crippen molar-refractivity contribution < 1.29 is 14.3 Å². The number of carbonyl (C=O) groups is 1. The van der Waals surface area contributed by atoms with E-state index in [1.54, 1.807) is 7.11 Å². The zero-order valence-electron chi connectivity index (χ0n) is 12.6. The highest BCUT2D eigenvalue weighted by atomic mass is 16.5. The molecule has 6 heteroatoms. The average Bonchev–Trinajstić information content (AvgIpc) is 2.47. The number of hydrogen-bond donors (Lipinski definition) is 2. The Bertz CT molecular complexity index is 306. The van der Waals surface area contributed by atoms with Gasteiger partial charge in [-0.15, -0.1) is 0 Å². The Hall–Kier alpha value is -0.690. The van der Waals surface area contributed by atoms with Crippen molar-refractivity contribution in [3.63, 3.8) is 0 Å². The van der Waals surface area contributed by atoms with Crippen LogP contribution in [-0.2, 0) is 14.3 Å². The summed E-state index contributed by atoms with van der Waals surface area (Å²) in [4.78, 5) is 14.6. The highest BCUT2D eigenvalue weighted by Crippen LogP contribution is 2.11. The molecule has 2 aliphatic heterocycles. The lowest BCUT2D eigenvalue weighted by molar-refractivity contribution is -0.130. The molecular formula is C14H27N3O3. The highest BCUT2D eigenvalue weighted by molar-refractivity contribution is 5.82. The van der Waals surface area contributed by atoms with Gasteiger partial charge in [0, 0.05) is 39.3 Å². The highest BCUT2D eigenvalue weighted by Gasteiger charge is 2.30. The normalized spacial score (nSPS) is 29.3. The summed E-state index contributed by atoms with van der Waals surface area (Å²) in [6.45, 7) is 7.19. The van der Waals surface area contributed by atoms with Gasteiger partial charge in [0.25, 0.3) is 0 Å². The molecule has 6 nitrogen and oxygen atoms in total. The average molecular weight is 285 g/mol. The van der Waals surface area contributed by atoms with Crippen LogP contribution >= 0.6 is 0 Å². The van der Waals surface area contributed by atoms with Gasteiger partial charge in [-0.05, 0) is 19.8 Å². The molecule has 2 aliphatic rings. The second-order valence-electron chi connectivity index (χ2n) is 5.63. The van der Waals surface area contributed by atoms with E-state index in [2.05, 4.69) is 15.5 Å². The van der Waals surface area contributed by atoms with E-state index in [4.69, 9.17) is 9.47 Å². The lowest BCUT2D eigenvalue weighted by Crippen LogP contribution is -2.58. The zero-order valence-corrected chi connectivity index (χ0v) is 12.6. The molecule has 0 saturated carbocycles. The lowest BCUT2D eigenvalue weighted by atomic mass is 10.0. The van der Waals surface area contributed by atoms with Crippen LogP contribution in [0.1, 0.15) is 19.8 Å². The Kier molecular flexibility index (Phi) is 6.22. The third-order valence-corrected chi connectivity index (χ3v) is 4.14. The zero-order chi connectivity index (χ0) is 14.4. The molecule has 2 fully saturated rings. The van der Waals surface area contributed by atoms with Crippen LogP contribution in [0.5, 0.6) is 0 Å². The number of amides is 1. The number of ether oxygens (including phenoxy) is 2. The van der Waals surface area contributed by atoms with Crippen molar-refractivity contribution in [3.8, 4) is 0 Å². The number of carbonyl (C=O) groups excluding carboxylic acids is 1. The fourth-order valence-corrected chi connectivity index (χ4v) is 2.84. The van der Waals surface area contributed by atoms with Gasteiger partial charge >= 0.3 is 0 Å². The first kappa shape index (κ1) is 15.7. The molecule has 2 saturated heterocycles. The second kappa shape index (κ2) is 7.93. The Morgan fingerprint density at radius 1 is 1.45 bits per heavy atom. The van der Waals surface area contributed by atoms with E-state index >= 15 is 0 Å². The molecule has 0 aliphatic carbocycles. The molecular weight excluding hydrogens is 258 g/mol. The molecule has 2 heterocycles. The molecule has 2 atom stereocenters. The second-order valence-corrected chi connectivity index (χ2v) is 5.63. The number of rotatable bonds is 5. The van der Waals surface area contributed by atoms with Gasteiger partial charge in [0.05, 0.1) is 19.3 Å². The van der Waals surface area contributed by atoms with Crippen LogP contribution < -0.4 is 10.6 Å². The van der Waals surface area contributed by atoms with Crippen molar-refractivity contribution in [2.45, 2.75) is 38.0 Å². The van der Waals surface area contributed by atoms with Gasteiger partial charge in [-0.2, -0.15) is 0 Å². The van der Waals surface area contributed by atoms with E-state index in [1.165, 1.54) is 0 Å². The SMILES string of the molecule is COCCN1CCC(NC(=O)[C@H]2NCCO[C@@H]2C)CC1. The molecule has 0 bridgehead atoms. The Morgan fingerprint density at radius 2 is 2.20 bits per heavy atom. The molecule has 2 N–H and O–H groups in total. The summed E-state index contributed by atoms with van der Waals surface area (Å²) in [6, 6.07) is 0.0764. The number of likely N-dealkylation sites (tertiary alicyclic amines) is 1. The lowest BCUT2D eigenvalue weighted by Gasteiger charge is -2.34. The monoisotopic (exact) mass is 285 g/mol. The van der Waals surface area contributed by atoms with Crippen LogP contribution in [0, 0.1) is 0 Å². The van der Waals surface area contributed by atoms with Crippen molar-refractivity contribution in [2.75, 3.05) is 46.5 Å². The number of methoxy groups -OCH3 is 1. The molecule has 0 spiro atoms. The summed E-state index contributed by atoms with van der Waals surface area (Å²) in [5.41, 5.74) is 0. The first-order chi connectivity index (χ1) is 9.70. The van der Waals surface area contributed by atoms with Crippen LogP contribution in [-0.4, -0.2) is 75.5 Å². The van der Waals surface area contributed by atoms with Crippen LogP contribution in [0.2, 0.25) is 0 Å². The summed E-state index contributed by atoms with van der Waals surface area (Å²) >= 11 is 0. The third-order valence-electron chi connectivity index (χ3n) is 4.14. The minimum absolute atomic E-state index is 0.0504. The number of morpholine rings is 1. The number of piperidine rings is 1. The molecule has 0 aromatic heterocycles. The van der Waals surface area contributed by atoms with Gasteiger partial charge in [-0.1, -0.05) is 0 Å². The van der Waals surface area contributed by atoms with Crippen molar-refractivity contribution in [1.82, 2.24) is 15.5 Å². The van der Waals surface area contributed by atoms with Crippen LogP contribution in [0.4, 0.5) is 0 Å². The molecule has 1 amide bonds. The van der Waals surface area contributed by atoms with Gasteiger partial charge in [-0.25, -0.2) is 0 Å². The summed E-state index contributed by atoms with van der Waals surface area (Å²) in [5.74, 6) is 0.0764. The van der Waals surface area contributed by atoms with Crippen LogP contribution in [0.3, 0.4) is 0 Å². The summed E-state index contributed by atoms with van der Waals surface area (Å²) in [6.07, 6.45) is 1.97. The number of nitrogens with one attached hydrogen (secondary N) is 2. The molecule has 0 aromatic carbocycles. The van der Waals surface area contributed by atoms with E-state index in [0.717, 1.165) is 45.6 Å². The van der Waals surface area contributed by atoms with E-state index in [0.29, 0.717) is 6.61 Å². The first-order valence-electron chi connectivity index (χ1n) is 7.57. The van der Waals surface area contributed by atoms with Gasteiger partial charge in [-0.3, -0.25) is 4.79 Å². The molecule has 2 rings (SSSR count). The minimum Gasteiger partial charge on any atom is -0.383 e. The Balaban J connectivity index is 1.70. The molecule has 116 valence electrons. The summed E-state index contributed by atoms with van der Waals surface area (Å²) < 4.78 is 10.6. The molecule has 20 heavy (non-hydrogen) atoms. The van der Waals surface area contributed by atoms with Gasteiger partial charge < -0.3 is 25.0 Å². The minimum atomic E-state index is -0.213. The predicted molar refractivity (Wildman–Crippen MR) is 76.7 cm³/mol. The molecule has 0 radical (unpaired) electrons. The van der Waals surface area contributed by atoms with Gasteiger partial charge in [0.2, 0.25) is 5.91 Å². The smallest absolute Gasteiger partial charge is 0.240 e. The maximum Gasteiger partial charge on any atom is 0.240 e. The maximum absolute atomic E-state index is 12.2. The van der Waals surface area contributed by atoms with Crippen molar-refractivity contribution >= 4 is 5.91 Å². The number of nitrogens with zero attached hydrogens (tertiary/aromatic N) is 1. The van der Waals surface area contributed by atoms with Crippen molar-refractivity contribution in [3.05, 3.63) is 0 Å². The largest absolute Gasteiger partial charge is 0.383 e. The maximum atomic E-state index is 12.2. The molecule has 0 unspecified atom stereocenters. The third kappa shape index (κ3) is 4.41. The van der Waals surface area contributed by atoms with E-state index in [9.17, 15) is 4.79 Å². The van der Waals surface area contributed by atoms with Crippen LogP contribution in [0.15, 0.2) is 0 Å². The number of hydrogen-bond acceptors (Lipinski definition) is 5. The van der Waals surface area contributed by atoms with Crippen molar-refractivity contribution in [1.29, 1.82) is 0 Å². The standard InChI is InChI=1S/C14H27N3O3/c1-11-13(15-5-9-20-11)14(18)16-12-3-6-17(7-4-12)8-10-19-2/h11-13,15H,3-10H2,1-2H3,(H,16,18)/t11-,13+/m1/s1. The van der Waals surface area contributed by atoms with E-state index in [-0.39, 0.29) is 24.1 Å². The van der Waals surface area contributed by atoms with Crippen LogP contribution in [0.25, 0.3) is 0 Å². The topological polar surface area (TPSA) is 62.8 Å². The van der Waals surface area contributed by atoms with E-state index in [1.807, 2.05) is 6.92 Å². The Labute approximate surface area is 121 Å². The Morgan fingerprint density at radius 3 is 2.85 bits per heavy atom. The fourth-order valence-electron chi connectivity index (χ4n) is 2.84. The molecule has 0 aromatic rings. The summed E-state index contributed by atoms with van der Waals surface area (Å²) in [5, 5.41) is 6.39. The van der Waals surface area contributed by atoms with Gasteiger partial charge in [0.1, 0.15) is 6.04 Å².